The molecule has 0 bridgehead atoms. The zero-order valence-corrected chi connectivity index (χ0v) is 19.4. The van der Waals surface area contributed by atoms with Gasteiger partial charge < -0.3 is 10.6 Å². The van der Waals surface area contributed by atoms with Gasteiger partial charge in [-0.1, -0.05) is 57.8 Å². The molecular weight excluding hydrogens is 388 g/mol. The van der Waals surface area contributed by atoms with Gasteiger partial charge in [-0.25, -0.2) is 0 Å². The molecule has 0 aromatic rings. The smallest absolute Gasteiger partial charge is 0.254 e. The monoisotopic (exact) mass is 430 g/mol. The number of hydrogen-bond acceptors (Lipinski definition) is 3. The van der Waals surface area contributed by atoms with Crippen LogP contribution in [0, 0.1) is 23.2 Å². The van der Waals surface area contributed by atoms with E-state index >= 15 is 0 Å². The van der Waals surface area contributed by atoms with E-state index in [9.17, 15) is 9.59 Å². The average molecular weight is 431 g/mol. The summed E-state index contributed by atoms with van der Waals surface area (Å²) in [5, 5.41) is 14.9. The van der Waals surface area contributed by atoms with Gasteiger partial charge in [-0.05, 0) is 56.8 Å². The number of amides is 2. The zero-order chi connectivity index (χ0) is 21.8. The lowest BCUT2D eigenvalue weighted by molar-refractivity contribution is -0.131. The molecule has 0 unspecified atom stereocenters. The maximum atomic E-state index is 13.3. The van der Waals surface area contributed by atoms with E-state index in [1.165, 1.54) is 49.8 Å². The number of guanidine groups is 1. The third-order valence-corrected chi connectivity index (χ3v) is 8.60. The van der Waals surface area contributed by atoms with Crippen LogP contribution in [-0.4, -0.2) is 41.3 Å². The highest BCUT2D eigenvalue weighted by Gasteiger charge is 2.49. The Kier molecular flexibility index (Phi) is 7.22. The van der Waals surface area contributed by atoms with Crippen molar-refractivity contribution >= 4 is 17.8 Å². The van der Waals surface area contributed by atoms with Crippen LogP contribution >= 0.6 is 0 Å². The fourth-order valence-electron chi connectivity index (χ4n) is 6.73. The van der Waals surface area contributed by atoms with Gasteiger partial charge in [0.1, 0.15) is 5.54 Å². The lowest BCUT2D eigenvalue weighted by atomic mass is 9.74. The van der Waals surface area contributed by atoms with Gasteiger partial charge in [-0.15, -0.1) is 0 Å². The Balaban J connectivity index is 1.38. The summed E-state index contributed by atoms with van der Waals surface area (Å²) in [5.41, 5.74) is -0.620. The first-order chi connectivity index (χ1) is 15.0. The van der Waals surface area contributed by atoms with Crippen molar-refractivity contribution in [2.45, 2.75) is 114 Å². The van der Waals surface area contributed by atoms with Crippen LogP contribution in [-0.2, 0) is 9.59 Å². The minimum atomic E-state index is -0.620. The molecule has 3 aliphatic carbocycles. The number of carbonyl (C=O) groups is 2. The fourth-order valence-corrected chi connectivity index (χ4v) is 6.73. The summed E-state index contributed by atoms with van der Waals surface area (Å²) < 4.78 is 0. The van der Waals surface area contributed by atoms with Crippen LogP contribution in [0.1, 0.15) is 103 Å². The van der Waals surface area contributed by atoms with E-state index in [0.717, 1.165) is 63.7 Å². The lowest BCUT2D eigenvalue weighted by Gasteiger charge is -2.37. The Morgan fingerprint density at radius 2 is 1.71 bits per heavy atom. The summed E-state index contributed by atoms with van der Waals surface area (Å²) in [5.74, 6) is 1.94. The van der Waals surface area contributed by atoms with Gasteiger partial charge in [0, 0.05) is 19.0 Å². The second-order valence-corrected chi connectivity index (χ2v) is 10.9. The Morgan fingerprint density at radius 3 is 2.39 bits per heavy atom. The van der Waals surface area contributed by atoms with E-state index in [1.54, 1.807) is 7.05 Å². The maximum Gasteiger partial charge on any atom is 0.254 e. The third kappa shape index (κ3) is 5.25. The Labute approximate surface area is 187 Å². The van der Waals surface area contributed by atoms with E-state index in [4.69, 9.17) is 5.41 Å². The van der Waals surface area contributed by atoms with Crippen molar-refractivity contribution in [1.82, 2.24) is 15.5 Å². The molecule has 3 saturated carbocycles. The summed E-state index contributed by atoms with van der Waals surface area (Å²) in [6.07, 6.45) is 18.0. The second kappa shape index (κ2) is 9.91. The van der Waals surface area contributed by atoms with Crippen molar-refractivity contribution in [3.8, 4) is 0 Å². The van der Waals surface area contributed by atoms with Crippen molar-refractivity contribution in [3.63, 3.8) is 0 Å². The number of likely N-dealkylation sites (N-methyl/N-ethyl adjacent to an activating group) is 1. The predicted molar refractivity (Wildman–Crippen MR) is 123 cm³/mol. The molecular formula is C25H42N4O2. The van der Waals surface area contributed by atoms with Gasteiger partial charge >= 0.3 is 0 Å². The second-order valence-electron chi connectivity index (χ2n) is 10.9. The maximum absolute atomic E-state index is 13.3. The largest absolute Gasteiger partial charge is 0.353 e. The van der Waals surface area contributed by atoms with Crippen LogP contribution in [0.15, 0.2) is 0 Å². The molecule has 1 heterocycles. The van der Waals surface area contributed by atoms with Gasteiger partial charge in [0.15, 0.2) is 5.96 Å². The van der Waals surface area contributed by atoms with Crippen LogP contribution in [0.4, 0.5) is 0 Å². The first kappa shape index (κ1) is 22.6. The SMILES string of the molecule is CN1C(=N)N[C@](CCC2CCCCC2)(C[C@H]2CCC[C@@H](NC(=O)C3CCCC3)C2)C1=O. The highest BCUT2D eigenvalue weighted by molar-refractivity contribution is 6.07. The predicted octanol–water partition coefficient (Wildman–Crippen LogP) is 4.34. The fraction of sp³-hybridized carbons (Fsp3) is 0.880. The molecule has 1 saturated heterocycles. The van der Waals surface area contributed by atoms with E-state index < -0.39 is 5.54 Å². The van der Waals surface area contributed by atoms with E-state index in [2.05, 4.69) is 10.6 Å². The number of rotatable bonds is 7. The van der Waals surface area contributed by atoms with Gasteiger partial charge in [0.2, 0.25) is 5.91 Å². The van der Waals surface area contributed by atoms with Gasteiger partial charge in [0.25, 0.3) is 5.91 Å². The van der Waals surface area contributed by atoms with Crippen molar-refractivity contribution in [1.29, 1.82) is 5.41 Å². The Morgan fingerprint density at radius 1 is 1.03 bits per heavy atom. The first-order valence-corrected chi connectivity index (χ1v) is 12.9. The van der Waals surface area contributed by atoms with E-state index in [0.29, 0.717) is 5.92 Å². The minimum absolute atomic E-state index is 0.0745. The third-order valence-electron chi connectivity index (χ3n) is 8.60. The molecule has 0 aromatic carbocycles. The number of hydrogen-bond donors (Lipinski definition) is 3. The van der Waals surface area contributed by atoms with Crippen LogP contribution in [0.5, 0.6) is 0 Å². The summed E-state index contributed by atoms with van der Waals surface area (Å²) in [6, 6.07) is 0.246. The van der Waals surface area contributed by atoms with Gasteiger partial charge in [0.05, 0.1) is 0 Å². The summed E-state index contributed by atoms with van der Waals surface area (Å²) in [7, 11) is 1.73. The molecule has 31 heavy (non-hydrogen) atoms. The van der Waals surface area contributed by atoms with Gasteiger partial charge in [-0.2, -0.15) is 0 Å². The molecule has 3 N–H and O–H groups in total. The van der Waals surface area contributed by atoms with Gasteiger partial charge in [-0.3, -0.25) is 19.9 Å². The zero-order valence-electron chi connectivity index (χ0n) is 19.4. The summed E-state index contributed by atoms with van der Waals surface area (Å²) in [6.45, 7) is 0. The molecule has 4 rings (SSSR count). The van der Waals surface area contributed by atoms with Crippen molar-refractivity contribution < 1.29 is 9.59 Å². The molecule has 1 aliphatic heterocycles. The number of carbonyl (C=O) groups excluding carboxylic acids is 2. The quantitative estimate of drug-likeness (QED) is 0.562. The molecule has 3 atom stereocenters. The molecule has 174 valence electrons. The van der Waals surface area contributed by atoms with Crippen LogP contribution < -0.4 is 10.6 Å². The molecule has 6 nitrogen and oxygen atoms in total. The standard InChI is InChI=1S/C25H42N4O2/c1-29-23(31)25(28-24(29)26,15-14-18-8-3-2-4-9-18)17-19-10-7-13-21(16-19)27-22(30)20-11-5-6-12-20/h18-21H,2-17H2,1H3,(H2,26,28)(H,27,30)/t19-,21+,25+/m0/s1. The Bertz CT molecular complexity index is 668. The highest BCUT2D eigenvalue weighted by Crippen LogP contribution is 2.38. The number of nitrogens with zero attached hydrogens (tertiary/aromatic N) is 1. The molecule has 6 heteroatoms. The Hall–Kier alpha value is -1.59. The van der Waals surface area contributed by atoms with Crippen LogP contribution in [0.25, 0.3) is 0 Å². The topological polar surface area (TPSA) is 85.3 Å². The average Bonchev–Trinajstić information content (AvgIpc) is 3.38. The van der Waals surface area contributed by atoms with Crippen molar-refractivity contribution in [3.05, 3.63) is 0 Å². The number of nitrogens with one attached hydrogen (secondary N) is 3. The highest BCUT2D eigenvalue weighted by atomic mass is 16.2. The lowest BCUT2D eigenvalue weighted by Crippen LogP contribution is -2.50. The van der Waals surface area contributed by atoms with E-state index in [-0.39, 0.29) is 29.7 Å². The minimum Gasteiger partial charge on any atom is -0.353 e. The molecule has 0 radical (unpaired) electrons. The first-order valence-electron chi connectivity index (χ1n) is 12.9. The summed E-state index contributed by atoms with van der Waals surface area (Å²) in [4.78, 5) is 27.4. The molecule has 0 aromatic heterocycles. The molecule has 4 fully saturated rings. The normalized spacial score (nSPS) is 33.0. The van der Waals surface area contributed by atoms with Crippen molar-refractivity contribution in [2.24, 2.45) is 17.8 Å². The van der Waals surface area contributed by atoms with E-state index in [1.807, 2.05) is 0 Å². The summed E-state index contributed by atoms with van der Waals surface area (Å²) >= 11 is 0. The molecule has 2 amide bonds. The van der Waals surface area contributed by atoms with Crippen LogP contribution in [0.3, 0.4) is 0 Å². The molecule has 0 spiro atoms. The van der Waals surface area contributed by atoms with Crippen LogP contribution in [0.2, 0.25) is 0 Å². The van der Waals surface area contributed by atoms with Crippen molar-refractivity contribution in [2.75, 3.05) is 7.05 Å². The molecule has 4 aliphatic rings.